The van der Waals surface area contributed by atoms with Crippen LogP contribution in [0.1, 0.15) is 25.0 Å². The van der Waals surface area contributed by atoms with Crippen LogP contribution in [0.25, 0.3) is 0 Å². The standard InChI is InChI=1S/C21H22N2O6/c1-3-28-19(26)17(24)22-21(15-11-7-5-8-12-15,16-13-9-6-10-14-16)23-18(25)20(27)29-4-2/h5-14H,3-4H2,1-2H3,(H,22,24)(H,23,25). The molecule has 152 valence electrons. The van der Waals surface area contributed by atoms with E-state index in [1.165, 1.54) is 0 Å². The molecular formula is C21H22N2O6. The predicted molar refractivity (Wildman–Crippen MR) is 103 cm³/mol. The second kappa shape index (κ2) is 10.0. The molecule has 0 aliphatic heterocycles. The number of benzene rings is 2. The van der Waals surface area contributed by atoms with Gasteiger partial charge in [-0.15, -0.1) is 0 Å². The predicted octanol–water partition coefficient (Wildman–Crippen LogP) is 1.25. The Balaban J connectivity index is 2.59. The topological polar surface area (TPSA) is 111 Å². The second-order valence-corrected chi connectivity index (χ2v) is 5.83. The molecule has 2 aromatic rings. The highest BCUT2D eigenvalue weighted by Gasteiger charge is 2.41. The number of nitrogens with one attached hydrogen (secondary N) is 2. The summed E-state index contributed by atoms with van der Waals surface area (Å²) in [6.45, 7) is 3.14. The maximum absolute atomic E-state index is 12.5. The molecule has 0 spiro atoms. The Morgan fingerprint density at radius 3 is 1.34 bits per heavy atom. The first-order valence-corrected chi connectivity index (χ1v) is 9.04. The van der Waals surface area contributed by atoms with Crippen LogP contribution in [-0.2, 0) is 34.3 Å². The summed E-state index contributed by atoms with van der Waals surface area (Å²) in [4.78, 5) is 49.0. The molecule has 0 saturated heterocycles. The summed E-state index contributed by atoms with van der Waals surface area (Å²) in [5.41, 5.74) is -0.876. The molecule has 0 radical (unpaired) electrons. The Labute approximate surface area is 168 Å². The summed E-state index contributed by atoms with van der Waals surface area (Å²) in [7, 11) is 0. The van der Waals surface area contributed by atoms with Crippen LogP contribution in [0, 0.1) is 0 Å². The third kappa shape index (κ3) is 5.19. The number of amides is 2. The summed E-state index contributed by atoms with van der Waals surface area (Å²) in [5.74, 6) is -4.39. The first-order chi connectivity index (χ1) is 13.9. The molecule has 0 aliphatic rings. The van der Waals surface area contributed by atoms with Crippen molar-refractivity contribution in [3.05, 3.63) is 71.8 Å². The number of esters is 2. The van der Waals surface area contributed by atoms with E-state index in [1.54, 1.807) is 74.5 Å². The molecule has 29 heavy (non-hydrogen) atoms. The van der Waals surface area contributed by atoms with Gasteiger partial charge in [0.1, 0.15) is 0 Å². The van der Waals surface area contributed by atoms with Gasteiger partial charge < -0.3 is 20.1 Å². The molecule has 2 rings (SSSR count). The van der Waals surface area contributed by atoms with Crippen molar-refractivity contribution in [3.63, 3.8) is 0 Å². The number of hydrogen-bond acceptors (Lipinski definition) is 6. The summed E-state index contributed by atoms with van der Waals surface area (Å²) in [6.07, 6.45) is 0. The minimum Gasteiger partial charge on any atom is -0.459 e. The largest absolute Gasteiger partial charge is 0.459 e. The fourth-order valence-electron chi connectivity index (χ4n) is 2.70. The van der Waals surface area contributed by atoms with Crippen molar-refractivity contribution in [3.8, 4) is 0 Å². The van der Waals surface area contributed by atoms with Crippen LogP contribution in [0.4, 0.5) is 0 Å². The van der Waals surface area contributed by atoms with E-state index in [4.69, 9.17) is 9.47 Å². The molecule has 8 heteroatoms. The monoisotopic (exact) mass is 398 g/mol. The van der Waals surface area contributed by atoms with Crippen LogP contribution in [0.15, 0.2) is 60.7 Å². The third-order valence-corrected chi connectivity index (χ3v) is 3.94. The number of carbonyl (C=O) groups is 4. The second-order valence-electron chi connectivity index (χ2n) is 5.83. The summed E-state index contributed by atoms with van der Waals surface area (Å²) >= 11 is 0. The SMILES string of the molecule is CCOC(=O)C(=O)NC(NC(=O)C(=O)OCC)(c1ccccc1)c1ccccc1. The van der Waals surface area contributed by atoms with E-state index in [0.717, 1.165) is 0 Å². The Morgan fingerprint density at radius 2 is 1.03 bits per heavy atom. The maximum Gasteiger partial charge on any atom is 0.396 e. The molecular weight excluding hydrogens is 376 g/mol. The van der Waals surface area contributed by atoms with Crippen molar-refractivity contribution in [2.75, 3.05) is 13.2 Å². The van der Waals surface area contributed by atoms with Gasteiger partial charge >= 0.3 is 23.8 Å². The minimum atomic E-state index is -1.71. The van der Waals surface area contributed by atoms with Crippen LogP contribution in [0.2, 0.25) is 0 Å². The van der Waals surface area contributed by atoms with Crippen LogP contribution in [0.3, 0.4) is 0 Å². The zero-order valence-electron chi connectivity index (χ0n) is 16.1. The Bertz CT molecular complexity index is 794. The zero-order valence-corrected chi connectivity index (χ0v) is 16.1. The third-order valence-electron chi connectivity index (χ3n) is 3.94. The zero-order chi connectivity index (χ0) is 21.3. The van der Waals surface area contributed by atoms with Gasteiger partial charge in [0.05, 0.1) is 13.2 Å². The number of rotatable bonds is 6. The van der Waals surface area contributed by atoms with E-state index in [2.05, 4.69) is 10.6 Å². The van der Waals surface area contributed by atoms with E-state index in [1.807, 2.05) is 0 Å². The molecule has 0 fully saturated rings. The lowest BCUT2D eigenvalue weighted by atomic mass is 9.90. The van der Waals surface area contributed by atoms with Crippen molar-refractivity contribution in [1.82, 2.24) is 10.6 Å². The fraction of sp³-hybridized carbons (Fsp3) is 0.238. The van der Waals surface area contributed by atoms with Crippen LogP contribution < -0.4 is 10.6 Å². The lowest BCUT2D eigenvalue weighted by molar-refractivity contribution is -0.157. The van der Waals surface area contributed by atoms with Gasteiger partial charge in [0, 0.05) is 11.1 Å². The van der Waals surface area contributed by atoms with E-state index >= 15 is 0 Å². The molecule has 0 saturated carbocycles. The fourth-order valence-corrected chi connectivity index (χ4v) is 2.70. The molecule has 0 unspecified atom stereocenters. The van der Waals surface area contributed by atoms with Gasteiger partial charge in [0.2, 0.25) is 0 Å². The lowest BCUT2D eigenvalue weighted by Crippen LogP contribution is -2.61. The maximum atomic E-state index is 12.5. The molecule has 0 aromatic heterocycles. The molecule has 0 aliphatic carbocycles. The molecule has 8 nitrogen and oxygen atoms in total. The normalized spacial score (nSPS) is 10.6. The number of hydrogen-bond donors (Lipinski definition) is 2. The molecule has 2 amide bonds. The van der Waals surface area contributed by atoms with Gasteiger partial charge in [-0.25, -0.2) is 9.59 Å². The van der Waals surface area contributed by atoms with Crippen LogP contribution >= 0.6 is 0 Å². The van der Waals surface area contributed by atoms with Crippen molar-refractivity contribution >= 4 is 23.8 Å². The highest BCUT2D eigenvalue weighted by atomic mass is 16.5. The van der Waals surface area contributed by atoms with Crippen molar-refractivity contribution in [1.29, 1.82) is 0 Å². The molecule has 0 heterocycles. The quantitative estimate of drug-likeness (QED) is 0.430. The van der Waals surface area contributed by atoms with Crippen molar-refractivity contribution < 1.29 is 28.7 Å². The van der Waals surface area contributed by atoms with E-state index < -0.39 is 29.4 Å². The highest BCUT2D eigenvalue weighted by molar-refractivity contribution is 6.34. The van der Waals surface area contributed by atoms with Crippen LogP contribution in [0.5, 0.6) is 0 Å². The van der Waals surface area contributed by atoms with Gasteiger partial charge in [-0.05, 0) is 13.8 Å². The smallest absolute Gasteiger partial charge is 0.396 e. The lowest BCUT2D eigenvalue weighted by Gasteiger charge is -2.36. The summed E-state index contributed by atoms with van der Waals surface area (Å²) in [5, 5.41) is 5.04. The van der Waals surface area contributed by atoms with Crippen molar-refractivity contribution in [2.24, 2.45) is 0 Å². The van der Waals surface area contributed by atoms with Gasteiger partial charge in [-0.2, -0.15) is 0 Å². The number of ether oxygens (including phenoxy) is 2. The Morgan fingerprint density at radius 1 is 0.690 bits per heavy atom. The molecule has 0 atom stereocenters. The average Bonchev–Trinajstić information content (AvgIpc) is 2.74. The molecule has 2 aromatic carbocycles. The van der Waals surface area contributed by atoms with E-state index in [0.29, 0.717) is 11.1 Å². The first kappa shape index (κ1) is 21.6. The average molecular weight is 398 g/mol. The van der Waals surface area contributed by atoms with E-state index in [-0.39, 0.29) is 13.2 Å². The highest BCUT2D eigenvalue weighted by Crippen LogP contribution is 2.27. The van der Waals surface area contributed by atoms with Crippen molar-refractivity contribution in [2.45, 2.75) is 19.5 Å². The van der Waals surface area contributed by atoms with Crippen LogP contribution in [-0.4, -0.2) is 37.0 Å². The van der Waals surface area contributed by atoms with Gasteiger partial charge in [-0.1, -0.05) is 60.7 Å². The first-order valence-electron chi connectivity index (χ1n) is 9.04. The minimum absolute atomic E-state index is 0.00507. The summed E-state index contributed by atoms with van der Waals surface area (Å²) in [6, 6.07) is 16.8. The Kier molecular flexibility index (Phi) is 7.47. The molecule has 0 bridgehead atoms. The molecule has 2 N–H and O–H groups in total. The Hall–Kier alpha value is -3.68. The van der Waals surface area contributed by atoms with Gasteiger partial charge in [0.25, 0.3) is 0 Å². The van der Waals surface area contributed by atoms with E-state index in [9.17, 15) is 19.2 Å². The van der Waals surface area contributed by atoms with Gasteiger partial charge in [0.15, 0.2) is 5.66 Å². The van der Waals surface area contributed by atoms with Gasteiger partial charge in [-0.3, -0.25) is 9.59 Å². The summed E-state index contributed by atoms with van der Waals surface area (Å²) < 4.78 is 9.51. The number of carbonyl (C=O) groups excluding carboxylic acids is 4.